The molecule has 3 N–H and O–H groups in total. The number of rotatable bonds is 6. The molecule has 0 aliphatic carbocycles. The summed E-state index contributed by atoms with van der Waals surface area (Å²) in [5.74, 6) is -0.551. The molecule has 0 unspecified atom stereocenters. The largest absolute Gasteiger partial charge is 0.508 e. The molecule has 1 heterocycles. The number of para-hydroxylation sites is 1. The third-order valence-corrected chi connectivity index (χ3v) is 6.01. The molecule has 1 aliphatic rings. The number of carbonyl (C=O) groups excluding carboxylic acids is 1. The molecule has 32 heavy (non-hydrogen) atoms. The Labute approximate surface area is 185 Å². The number of halogens is 1. The molecule has 4 rings (SSSR count). The van der Waals surface area contributed by atoms with Crippen molar-refractivity contribution in [2.75, 3.05) is 11.9 Å². The zero-order valence-electron chi connectivity index (χ0n) is 17.6. The number of aromatic hydroxyl groups is 2. The number of aliphatic hydroxyl groups excluding tert-OH is 1. The number of phenolic OH excluding ortho intramolecular Hbond substituents is 2. The highest BCUT2D eigenvalue weighted by Gasteiger charge is 2.46. The van der Waals surface area contributed by atoms with E-state index in [9.17, 15) is 24.5 Å². The second-order valence-corrected chi connectivity index (χ2v) is 8.00. The van der Waals surface area contributed by atoms with Gasteiger partial charge in [-0.05, 0) is 54.8 Å². The fourth-order valence-corrected chi connectivity index (χ4v) is 4.33. The van der Waals surface area contributed by atoms with E-state index in [1.807, 2.05) is 30.3 Å². The van der Waals surface area contributed by atoms with E-state index < -0.39 is 12.1 Å². The van der Waals surface area contributed by atoms with Crippen molar-refractivity contribution in [1.29, 1.82) is 0 Å². The zero-order chi connectivity index (χ0) is 22.8. The topological polar surface area (TPSA) is 84.2 Å². The van der Waals surface area contributed by atoms with Crippen LogP contribution in [0.5, 0.6) is 11.5 Å². The van der Waals surface area contributed by atoms with Gasteiger partial charge in [0.25, 0.3) is 0 Å². The Bertz CT molecular complexity index is 1090. The lowest BCUT2D eigenvalue weighted by atomic mass is 9.92. The summed E-state index contributed by atoms with van der Waals surface area (Å²) in [6.45, 7) is 0. The highest BCUT2D eigenvalue weighted by atomic mass is 19.1. The molecule has 1 aliphatic heterocycles. The van der Waals surface area contributed by atoms with Crippen LogP contribution in [0.1, 0.15) is 36.1 Å². The Morgan fingerprint density at radius 3 is 2.34 bits per heavy atom. The molecule has 0 saturated carbocycles. The fourth-order valence-electron chi connectivity index (χ4n) is 4.33. The standard InChI is InChI=1S/C25H25FN2O4/c1-27-21(13-14-22(30)16-7-9-17(26)10-8-16)24(20-12-11-19(29)15-23(20)31)28(25(27)32)18-5-3-2-4-6-18/h2-12,15,21-22,24,29-31H,13-14H2,1H3/t21-,22+,24-/m1/s1. The predicted molar refractivity (Wildman–Crippen MR) is 119 cm³/mol. The van der Waals surface area contributed by atoms with E-state index >= 15 is 0 Å². The number of anilines is 1. The molecule has 0 spiro atoms. The maximum absolute atomic E-state index is 13.2. The summed E-state index contributed by atoms with van der Waals surface area (Å²) in [6, 6.07) is 18.1. The Morgan fingerprint density at radius 1 is 1.00 bits per heavy atom. The maximum Gasteiger partial charge on any atom is 0.325 e. The van der Waals surface area contributed by atoms with Crippen LogP contribution in [0.15, 0.2) is 72.8 Å². The van der Waals surface area contributed by atoms with Gasteiger partial charge < -0.3 is 20.2 Å². The van der Waals surface area contributed by atoms with E-state index in [0.717, 1.165) is 0 Å². The molecule has 0 bridgehead atoms. The molecule has 6 nitrogen and oxygen atoms in total. The molecule has 166 valence electrons. The minimum Gasteiger partial charge on any atom is -0.508 e. The van der Waals surface area contributed by atoms with E-state index in [1.165, 1.54) is 24.3 Å². The van der Waals surface area contributed by atoms with E-state index in [4.69, 9.17) is 0 Å². The number of carbonyl (C=O) groups is 1. The molecule has 0 radical (unpaired) electrons. The van der Waals surface area contributed by atoms with Gasteiger partial charge in [0.1, 0.15) is 17.3 Å². The number of likely N-dealkylation sites (N-methyl/N-ethyl adjacent to an activating group) is 1. The van der Waals surface area contributed by atoms with Crippen LogP contribution in [-0.4, -0.2) is 39.3 Å². The quantitative estimate of drug-likeness (QED) is 0.522. The van der Waals surface area contributed by atoms with Gasteiger partial charge in [-0.1, -0.05) is 30.3 Å². The van der Waals surface area contributed by atoms with Crippen molar-refractivity contribution in [3.63, 3.8) is 0 Å². The molecule has 3 atom stereocenters. The van der Waals surface area contributed by atoms with Gasteiger partial charge >= 0.3 is 6.03 Å². The van der Waals surface area contributed by atoms with Gasteiger partial charge in [0.2, 0.25) is 0 Å². The second kappa shape index (κ2) is 8.88. The van der Waals surface area contributed by atoms with Crippen molar-refractivity contribution in [1.82, 2.24) is 4.90 Å². The van der Waals surface area contributed by atoms with Gasteiger partial charge in [-0.15, -0.1) is 0 Å². The number of nitrogens with zero attached hydrogens (tertiary/aromatic N) is 2. The van der Waals surface area contributed by atoms with Crippen molar-refractivity contribution in [2.24, 2.45) is 0 Å². The molecule has 7 heteroatoms. The molecule has 0 aromatic heterocycles. The summed E-state index contributed by atoms with van der Waals surface area (Å²) in [5.41, 5.74) is 1.79. The first-order valence-corrected chi connectivity index (χ1v) is 10.4. The molecule has 2 amide bonds. The minimum atomic E-state index is -0.820. The lowest BCUT2D eigenvalue weighted by Crippen LogP contribution is -2.31. The number of aliphatic hydroxyl groups is 1. The Hall–Kier alpha value is -3.58. The van der Waals surface area contributed by atoms with Crippen LogP contribution >= 0.6 is 0 Å². The average Bonchev–Trinajstić information content (AvgIpc) is 3.03. The van der Waals surface area contributed by atoms with Gasteiger partial charge in [-0.3, -0.25) is 4.90 Å². The molecule has 1 saturated heterocycles. The number of hydrogen-bond donors (Lipinski definition) is 3. The van der Waals surface area contributed by atoms with Crippen LogP contribution in [0.3, 0.4) is 0 Å². The fraction of sp³-hybridized carbons (Fsp3) is 0.240. The normalized spacial score (nSPS) is 19.4. The third kappa shape index (κ3) is 4.11. The molecular weight excluding hydrogens is 411 g/mol. The SMILES string of the molecule is CN1C(=O)N(c2ccccc2)[C@H](c2ccc(O)cc2O)[C@H]1CC[C@H](O)c1ccc(F)cc1. The maximum atomic E-state index is 13.2. The van der Waals surface area contributed by atoms with Crippen LogP contribution < -0.4 is 4.90 Å². The number of phenols is 2. The van der Waals surface area contributed by atoms with Crippen molar-refractivity contribution in [3.05, 3.63) is 89.7 Å². The Balaban J connectivity index is 1.67. The van der Waals surface area contributed by atoms with Crippen LogP contribution in [0.2, 0.25) is 0 Å². The first kappa shape index (κ1) is 21.6. The van der Waals surface area contributed by atoms with Crippen molar-refractivity contribution >= 4 is 11.7 Å². The summed E-state index contributed by atoms with van der Waals surface area (Å²) in [4.78, 5) is 16.5. The number of hydrogen-bond acceptors (Lipinski definition) is 4. The monoisotopic (exact) mass is 436 g/mol. The van der Waals surface area contributed by atoms with Crippen LogP contribution in [0.25, 0.3) is 0 Å². The van der Waals surface area contributed by atoms with Gasteiger partial charge in [-0.2, -0.15) is 0 Å². The van der Waals surface area contributed by atoms with Crippen molar-refractivity contribution in [2.45, 2.75) is 31.0 Å². The summed E-state index contributed by atoms with van der Waals surface area (Å²) >= 11 is 0. The van der Waals surface area contributed by atoms with Crippen LogP contribution in [0.4, 0.5) is 14.9 Å². The Kier molecular flexibility index (Phi) is 6.01. The predicted octanol–water partition coefficient (Wildman–Crippen LogP) is 4.73. The van der Waals surface area contributed by atoms with E-state index in [-0.39, 0.29) is 29.4 Å². The summed E-state index contributed by atoms with van der Waals surface area (Å²) < 4.78 is 13.2. The van der Waals surface area contributed by atoms with Gasteiger partial charge in [0.05, 0.1) is 18.2 Å². The van der Waals surface area contributed by atoms with E-state index in [2.05, 4.69) is 0 Å². The van der Waals surface area contributed by atoms with Crippen LogP contribution in [0, 0.1) is 5.82 Å². The highest BCUT2D eigenvalue weighted by Crippen LogP contribution is 2.44. The lowest BCUT2D eigenvalue weighted by molar-refractivity contribution is 0.148. The summed E-state index contributed by atoms with van der Waals surface area (Å²) in [7, 11) is 1.70. The smallest absolute Gasteiger partial charge is 0.325 e. The number of urea groups is 1. The molecule has 3 aromatic rings. The summed E-state index contributed by atoms with van der Waals surface area (Å²) in [5, 5.41) is 31.0. The third-order valence-electron chi connectivity index (χ3n) is 6.01. The van der Waals surface area contributed by atoms with Crippen molar-refractivity contribution < 1.29 is 24.5 Å². The van der Waals surface area contributed by atoms with Crippen LogP contribution in [-0.2, 0) is 0 Å². The summed E-state index contributed by atoms with van der Waals surface area (Å²) in [6.07, 6.45) is -0.0417. The molecule has 1 fully saturated rings. The first-order chi connectivity index (χ1) is 15.4. The highest BCUT2D eigenvalue weighted by molar-refractivity contribution is 5.95. The number of benzene rings is 3. The van der Waals surface area contributed by atoms with Crippen molar-refractivity contribution in [3.8, 4) is 11.5 Å². The Morgan fingerprint density at radius 2 is 1.69 bits per heavy atom. The minimum absolute atomic E-state index is 0.0709. The van der Waals surface area contributed by atoms with Gasteiger partial charge in [0.15, 0.2) is 0 Å². The number of amides is 2. The molecular formula is C25H25FN2O4. The lowest BCUT2D eigenvalue weighted by Gasteiger charge is -2.29. The van der Waals surface area contributed by atoms with Gasteiger partial charge in [-0.25, -0.2) is 9.18 Å². The van der Waals surface area contributed by atoms with Gasteiger partial charge in [0, 0.05) is 24.4 Å². The second-order valence-electron chi connectivity index (χ2n) is 8.00. The zero-order valence-corrected chi connectivity index (χ0v) is 17.6. The average molecular weight is 436 g/mol. The van der Waals surface area contributed by atoms with E-state index in [0.29, 0.717) is 29.7 Å². The first-order valence-electron chi connectivity index (χ1n) is 10.4. The van der Waals surface area contributed by atoms with E-state index in [1.54, 1.807) is 35.0 Å². The molecule has 3 aromatic carbocycles.